The average Bonchev–Trinajstić information content (AvgIpc) is 2.79. The molecule has 1 fully saturated rings. The fraction of sp³-hybridized carbons (Fsp3) is 1.00. The molecular weight excluding hydrogens is 390 g/mol. The molecule has 0 radical (unpaired) electrons. The summed E-state index contributed by atoms with van der Waals surface area (Å²) in [4.78, 5) is 2.49. The lowest BCUT2D eigenvalue weighted by molar-refractivity contribution is 0.00206. The molecule has 1 aliphatic rings. The van der Waals surface area contributed by atoms with Gasteiger partial charge < -0.3 is 18.9 Å². The van der Waals surface area contributed by atoms with Crippen molar-refractivity contribution in [1.82, 2.24) is 4.90 Å². The third kappa shape index (κ3) is 21.4. The van der Waals surface area contributed by atoms with Crippen molar-refractivity contribution in [3.63, 3.8) is 0 Å². The van der Waals surface area contributed by atoms with Crippen LogP contribution in [0.1, 0.15) is 96.8 Å². The van der Waals surface area contributed by atoms with E-state index in [1.54, 1.807) is 0 Å². The van der Waals surface area contributed by atoms with Gasteiger partial charge in [0.2, 0.25) is 0 Å². The van der Waals surface area contributed by atoms with Crippen LogP contribution in [-0.2, 0) is 18.9 Å². The van der Waals surface area contributed by atoms with Crippen LogP contribution in [-0.4, -0.2) is 77.4 Å². The van der Waals surface area contributed by atoms with Gasteiger partial charge in [-0.3, -0.25) is 4.90 Å². The Morgan fingerprint density at radius 2 is 0.742 bits per heavy atom. The molecule has 1 heterocycles. The monoisotopic (exact) mass is 443 g/mol. The van der Waals surface area contributed by atoms with E-state index in [1.807, 2.05) is 0 Å². The van der Waals surface area contributed by atoms with E-state index in [1.165, 1.54) is 89.9 Å². The smallest absolute Gasteiger partial charge is 0.0701 e. The van der Waals surface area contributed by atoms with E-state index in [0.29, 0.717) is 39.6 Å². The minimum atomic E-state index is 0.634. The molecule has 0 bridgehead atoms. The summed E-state index contributed by atoms with van der Waals surface area (Å²) in [6, 6.07) is 0. The van der Waals surface area contributed by atoms with Gasteiger partial charge in [0.05, 0.1) is 52.9 Å². The van der Waals surface area contributed by atoms with Crippen LogP contribution in [0.4, 0.5) is 0 Å². The second kappa shape index (κ2) is 24.4. The van der Waals surface area contributed by atoms with Gasteiger partial charge in [-0.15, -0.1) is 0 Å². The fourth-order valence-electron chi connectivity index (χ4n) is 4.01. The summed E-state index contributed by atoms with van der Waals surface area (Å²) in [6.45, 7) is 10.9. The SMILES string of the molecule is CCCCCCCCCCCCCCCCN1CCOCCOCCOCCOCC1. The molecule has 5 heteroatoms. The number of hydrogen-bond donors (Lipinski definition) is 0. The van der Waals surface area contributed by atoms with Gasteiger partial charge in [0.1, 0.15) is 0 Å². The van der Waals surface area contributed by atoms with Crippen LogP contribution in [0, 0.1) is 0 Å². The van der Waals surface area contributed by atoms with Gasteiger partial charge in [-0.2, -0.15) is 0 Å². The van der Waals surface area contributed by atoms with Gasteiger partial charge in [0.25, 0.3) is 0 Å². The van der Waals surface area contributed by atoms with E-state index in [9.17, 15) is 0 Å². The van der Waals surface area contributed by atoms with Gasteiger partial charge in [0, 0.05) is 13.1 Å². The lowest BCUT2D eigenvalue weighted by Crippen LogP contribution is -2.32. The highest BCUT2D eigenvalue weighted by Gasteiger charge is 2.06. The number of ether oxygens (including phenoxy) is 4. The second-order valence-electron chi connectivity index (χ2n) is 8.89. The predicted octanol–water partition coefficient (Wildman–Crippen LogP) is 5.85. The zero-order valence-electron chi connectivity index (χ0n) is 20.8. The maximum absolute atomic E-state index is 5.72. The van der Waals surface area contributed by atoms with Crippen molar-refractivity contribution < 1.29 is 18.9 Å². The summed E-state index contributed by atoms with van der Waals surface area (Å²) in [7, 11) is 0. The lowest BCUT2D eigenvalue weighted by atomic mass is 10.0. The van der Waals surface area contributed by atoms with Crippen molar-refractivity contribution in [3.8, 4) is 0 Å². The molecule has 1 saturated heterocycles. The summed E-state index contributed by atoms with van der Waals surface area (Å²) < 4.78 is 22.4. The zero-order chi connectivity index (χ0) is 22.1. The van der Waals surface area contributed by atoms with Gasteiger partial charge in [0.15, 0.2) is 0 Å². The van der Waals surface area contributed by atoms with E-state index in [4.69, 9.17) is 18.9 Å². The molecule has 0 N–H and O–H groups in total. The van der Waals surface area contributed by atoms with Gasteiger partial charge in [-0.25, -0.2) is 0 Å². The summed E-state index contributed by atoms with van der Waals surface area (Å²) in [5.41, 5.74) is 0. The number of unbranched alkanes of at least 4 members (excludes halogenated alkanes) is 13. The molecule has 0 aromatic carbocycles. The topological polar surface area (TPSA) is 40.2 Å². The molecule has 0 aromatic heterocycles. The third-order valence-electron chi connectivity index (χ3n) is 6.05. The first-order valence-corrected chi connectivity index (χ1v) is 13.5. The second-order valence-corrected chi connectivity index (χ2v) is 8.89. The van der Waals surface area contributed by atoms with Gasteiger partial charge in [-0.1, -0.05) is 90.4 Å². The standard InChI is InChI=1S/C26H53NO4/c1-2-3-4-5-6-7-8-9-10-11-12-13-14-15-16-27-17-19-28-21-23-30-25-26-31-24-22-29-20-18-27/h2-26H2,1H3. The predicted molar refractivity (Wildman–Crippen MR) is 130 cm³/mol. The Balaban J connectivity index is 1.95. The number of rotatable bonds is 15. The van der Waals surface area contributed by atoms with E-state index in [2.05, 4.69) is 11.8 Å². The zero-order valence-corrected chi connectivity index (χ0v) is 20.8. The molecule has 31 heavy (non-hydrogen) atoms. The van der Waals surface area contributed by atoms with Crippen molar-refractivity contribution in [1.29, 1.82) is 0 Å². The molecule has 0 atom stereocenters. The van der Waals surface area contributed by atoms with E-state index in [0.717, 1.165) is 32.8 Å². The van der Waals surface area contributed by atoms with Crippen LogP contribution >= 0.6 is 0 Å². The first-order chi connectivity index (χ1) is 15.4. The fourth-order valence-corrected chi connectivity index (χ4v) is 4.01. The van der Waals surface area contributed by atoms with Gasteiger partial charge in [-0.05, 0) is 13.0 Å². The number of nitrogens with zero attached hydrogens (tertiary/aromatic N) is 1. The molecule has 186 valence electrons. The van der Waals surface area contributed by atoms with Crippen molar-refractivity contribution in [3.05, 3.63) is 0 Å². The average molecular weight is 444 g/mol. The highest BCUT2D eigenvalue weighted by Crippen LogP contribution is 2.13. The largest absolute Gasteiger partial charge is 0.378 e. The van der Waals surface area contributed by atoms with Crippen molar-refractivity contribution >= 4 is 0 Å². The minimum Gasteiger partial charge on any atom is -0.378 e. The van der Waals surface area contributed by atoms with Crippen LogP contribution in [0.5, 0.6) is 0 Å². The first-order valence-electron chi connectivity index (χ1n) is 13.5. The minimum absolute atomic E-state index is 0.634. The van der Waals surface area contributed by atoms with Crippen LogP contribution in [0.25, 0.3) is 0 Å². The third-order valence-corrected chi connectivity index (χ3v) is 6.05. The Kier molecular flexibility index (Phi) is 22.7. The molecular formula is C26H53NO4. The van der Waals surface area contributed by atoms with E-state index < -0.39 is 0 Å². The van der Waals surface area contributed by atoms with E-state index >= 15 is 0 Å². The first kappa shape index (κ1) is 28.8. The van der Waals surface area contributed by atoms with Crippen molar-refractivity contribution in [2.24, 2.45) is 0 Å². The Bertz CT molecular complexity index is 327. The Morgan fingerprint density at radius 3 is 1.13 bits per heavy atom. The molecule has 0 saturated carbocycles. The number of hydrogen-bond acceptors (Lipinski definition) is 5. The Labute approximate surface area is 193 Å². The highest BCUT2D eigenvalue weighted by molar-refractivity contribution is 4.59. The normalized spacial score (nSPS) is 18.5. The molecule has 0 spiro atoms. The van der Waals surface area contributed by atoms with Crippen molar-refractivity contribution in [2.45, 2.75) is 96.8 Å². The molecule has 5 nitrogen and oxygen atoms in total. The summed E-state index contributed by atoms with van der Waals surface area (Å²) in [6.07, 6.45) is 19.7. The summed E-state index contributed by atoms with van der Waals surface area (Å²) in [5.74, 6) is 0. The quantitative estimate of drug-likeness (QED) is 0.297. The van der Waals surface area contributed by atoms with Gasteiger partial charge >= 0.3 is 0 Å². The van der Waals surface area contributed by atoms with Crippen LogP contribution < -0.4 is 0 Å². The molecule has 1 aliphatic heterocycles. The summed E-state index contributed by atoms with van der Waals surface area (Å²) >= 11 is 0. The molecule has 0 unspecified atom stereocenters. The molecule has 0 aromatic rings. The Hall–Kier alpha value is -0.200. The van der Waals surface area contributed by atoms with Crippen LogP contribution in [0.15, 0.2) is 0 Å². The molecule has 1 rings (SSSR count). The van der Waals surface area contributed by atoms with E-state index in [-0.39, 0.29) is 0 Å². The molecule has 0 amide bonds. The maximum atomic E-state index is 5.72. The summed E-state index contributed by atoms with van der Waals surface area (Å²) in [5, 5.41) is 0. The maximum Gasteiger partial charge on any atom is 0.0701 e. The van der Waals surface area contributed by atoms with Crippen LogP contribution in [0.2, 0.25) is 0 Å². The highest BCUT2D eigenvalue weighted by atomic mass is 16.6. The lowest BCUT2D eigenvalue weighted by Gasteiger charge is -2.22. The van der Waals surface area contributed by atoms with Crippen molar-refractivity contribution in [2.75, 3.05) is 72.5 Å². The molecule has 0 aliphatic carbocycles. The van der Waals surface area contributed by atoms with Crippen LogP contribution in [0.3, 0.4) is 0 Å². The Morgan fingerprint density at radius 1 is 0.419 bits per heavy atom.